The number of amides is 1. The number of rotatable bonds is 5. The number of nitro benzene ring substituents is 1. The number of hydrogen-bond donors (Lipinski definition) is 0. The number of carbonyl (C=O) groups excluding carboxylic acids is 1. The molecule has 0 aromatic heterocycles. The summed E-state index contributed by atoms with van der Waals surface area (Å²) in [5.41, 5.74) is -0.602. The lowest BCUT2D eigenvalue weighted by molar-refractivity contribution is -0.385. The van der Waals surface area contributed by atoms with E-state index in [1.807, 2.05) is 13.2 Å². The average molecular weight is 286 g/mol. The summed E-state index contributed by atoms with van der Waals surface area (Å²) < 4.78 is 13.2. The van der Waals surface area contributed by atoms with Crippen molar-refractivity contribution in [1.29, 1.82) is 0 Å². The molecule has 5 nitrogen and oxygen atoms in total. The lowest BCUT2D eigenvalue weighted by Gasteiger charge is -2.24. The van der Waals surface area contributed by atoms with Gasteiger partial charge in [-0.05, 0) is 25.3 Å². The molecular formula is C12H15FN2O3S. The Morgan fingerprint density at radius 2 is 2.21 bits per heavy atom. The van der Waals surface area contributed by atoms with E-state index in [9.17, 15) is 19.3 Å². The third-order valence-electron chi connectivity index (χ3n) is 2.78. The molecule has 1 amide bonds. The van der Waals surface area contributed by atoms with E-state index in [0.717, 1.165) is 18.2 Å². The molecular weight excluding hydrogens is 271 g/mol. The maximum atomic E-state index is 13.2. The number of benzene rings is 1. The molecule has 1 aromatic carbocycles. The second-order valence-electron chi connectivity index (χ2n) is 4.14. The number of halogens is 1. The van der Waals surface area contributed by atoms with E-state index < -0.39 is 16.6 Å². The molecule has 0 bridgehead atoms. The molecule has 0 aliphatic heterocycles. The number of nitro groups is 1. The molecule has 0 fully saturated rings. The first-order valence-corrected chi connectivity index (χ1v) is 6.98. The summed E-state index contributed by atoms with van der Waals surface area (Å²) in [6, 6.07) is 2.80. The van der Waals surface area contributed by atoms with Gasteiger partial charge in [0.25, 0.3) is 11.6 Å². The van der Waals surface area contributed by atoms with E-state index in [-0.39, 0.29) is 17.3 Å². The van der Waals surface area contributed by atoms with Crippen molar-refractivity contribution in [3.63, 3.8) is 0 Å². The van der Waals surface area contributed by atoms with Gasteiger partial charge in [-0.2, -0.15) is 11.8 Å². The molecule has 0 spiro atoms. The van der Waals surface area contributed by atoms with Crippen LogP contribution in [0.2, 0.25) is 0 Å². The van der Waals surface area contributed by atoms with E-state index in [4.69, 9.17) is 0 Å². The monoisotopic (exact) mass is 286 g/mol. The summed E-state index contributed by atoms with van der Waals surface area (Å²) in [5, 5.41) is 10.9. The van der Waals surface area contributed by atoms with Gasteiger partial charge in [-0.15, -0.1) is 0 Å². The summed E-state index contributed by atoms with van der Waals surface area (Å²) in [6.45, 7) is 1.83. The smallest absolute Gasteiger partial charge is 0.282 e. The minimum absolute atomic E-state index is 0.0922. The zero-order valence-corrected chi connectivity index (χ0v) is 11.7. The predicted molar refractivity (Wildman–Crippen MR) is 73.0 cm³/mol. The van der Waals surface area contributed by atoms with Crippen molar-refractivity contribution in [3.8, 4) is 0 Å². The van der Waals surface area contributed by atoms with Crippen LogP contribution in [-0.4, -0.2) is 40.8 Å². The van der Waals surface area contributed by atoms with Gasteiger partial charge in [0.15, 0.2) is 0 Å². The first kappa shape index (κ1) is 15.4. The van der Waals surface area contributed by atoms with Crippen LogP contribution in [0, 0.1) is 15.9 Å². The third-order valence-corrected chi connectivity index (χ3v) is 3.59. The highest BCUT2D eigenvalue weighted by Crippen LogP contribution is 2.22. The van der Waals surface area contributed by atoms with Crippen molar-refractivity contribution >= 4 is 23.4 Å². The highest BCUT2D eigenvalue weighted by molar-refractivity contribution is 7.98. The maximum Gasteiger partial charge on any atom is 0.282 e. The van der Waals surface area contributed by atoms with Gasteiger partial charge in [-0.1, -0.05) is 0 Å². The van der Waals surface area contributed by atoms with Crippen molar-refractivity contribution in [2.45, 2.75) is 13.0 Å². The fourth-order valence-corrected chi connectivity index (χ4v) is 2.29. The predicted octanol–water partition coefficient (Wildman–Crippen LogP) is 2.56. The molecule has 1 atom stereocenters. The highest BCUT2D eigenvalue weighted by Gasteiger charge is 2.25. The number of nitrogens with zero attached hydrogens (tertiary/aromatic N) is 2. The largest absolute Gasteiger partial charge is 0.338 e. The van der Waals surface area contributed by atoms with Gasteiger partial charge in [0.2, 0.25) is 0 Å². The quantitative estimate of drug-likeness (QED) is 0.616. The summed E-state index contributed by atoms with van der Waals surface area (Å²) in [6.07, 6.45) is 1.90. The number of hydrogen-bond acceptors (Lipinski definition) is 4. The normalized spacial score (nSPS) is 12.0. The lowest BCUT2D eigenvalue weighted by Crippen LogP contribution is -2.36. The van der Waals surface area contributed by atoms with Crippen LogP contribution in [0.3, 0.4) is 0 Å². The van der Waals surface area contributed by atoms with Gasteiger partial charge in [-0.25, -0.2) is 4.39 Å². The summed E-state index contributed by atoms with van der Waals surface area (Å²) in [5.74, 6) is -0.515. The fourth-order valence-electron chi connectivity index (χ4n) is 1.58. The Kier molecular flexibility index (Phi) is 5.29. The van der Waals surface area contributed by atoms with Crippen LogP contribution in [0.4, 0.5) is 10.1 Å². The summed E-state index contributed by atoms with van der Waals surface area (Å²) in [4.78, 5) is 23.8. The zero-order valence-electron chi connectivity index (χ0n) is 10.9. The summed E-state index contributed by atoms with van der Waals surface area (Å²) in [7, 11) is 1.55. The van der Waals surface area contributed by atoms with Crippen molar-refractivity contribution in [2.75, 3.05) is 19.1 Å². The van der Waals surface area contributed by atoms with E-state index in [1.54, 1.807) is 18.8 Å². The molecule has 0 saturated heterocycles. The van der Waals surface area contributed by atoms with E-state index in [0.29, 0.717) is 5.75 Å². The van der Waals surface area contributed by atoms with E-state index >= 15 is 0 Å². The van der Waals surface area contributed by atoms with Crippen molar-refractivity contribution < 1.29 is 14.1 Å². The Morgan fingerprint density at radius 3 is 2.74 bits per heavy atom. The van der Waals surface area contributed by atoms with E-state index in [1.165, 1.54) is 4.90 Å². The molecule has 104 valence electrons. The fraction of sp³-hybridized carbons (Fsp3) is 0.417. The molecule has 0 aliphatic rings. The molecule has 1 rings (SSSR count). The molecule has 0 radical (unpaired) electrons. The van der Waals surface area contributed by atoms with Gasteiger partial charge in [-0.3, -0.25) is 14.9 Å². The van der Waals surface area contributed by atoms with Crippen LogP contribution in [0.1, 0.15) is 17.3 Å². The average Bonchev–Trinajstić information content (AvgIpc) is 2.36. The van der Waals surface area contributed by atoms with Crippen LogP contribution < -0.4 is 0 Å². The Labute approximate surface area is 114 Å². The molecule has 0 saturated carbocycles. The van der Waals surface area contributed by atoms with Crippen LogP contribution in [0.5, 0.6) is 0 Å². The van der Waals surface area contributed by atoms with Gasteiger partial charge < -0.3 is 4.90 Å². The first-order valence-electron chi connectivity index (χ1n) is 5.58. The SMILES string of the molecule is CSCC(C)N(C)C(=O)c1cc(F)ccc1[N+](=O)[O-]. The molecule has 1 aromatic rings. The number of carbonyl (C=O) groups is 1. The molecule has 7 heteroatoms. The second kappa shape index (κ2) is 6.51. The Morgan fingerprint density at radius 1 is 1.58 bits per heavy atom. The molecule has 0 heterocycles. The van der Waals surface area contributed by atoms with Crippen molar-refractivity contribution in [3.05, 3.63) is 39.7 Å². The Hall–Kier alpha value is -1.63. The van der Waals surface area contributed by atoms with Gasteiger partial charge >= 0.3 is 0 Å². The minimum Gasteiger partial charge on any atom is -0.338 e. The van der Waals surface area contributed by atoms with Gasteiger partial charge in [0.05, 0.1) is 4.92 Å². The third kappa shape index (κ3) is 3.66. The van der Waals surface area contributed by atoms with Crippen LogP contribution in [0.15, 0.2) is 18.2 Å². The van der Waals surface area contributed by atoms with Crippen LogP contribution >= 0.6 is 11.8 Å². The molecule has 0 N–H and O–H groups in total. The van der Waals surface area contributed by atoms with Crippen LogP contribution in [-0.2, 0) is 0 Å². The first-order chi connectivity index (χ1) is 8.88. The maximum absolute atomic E-state index is 13.2. The van der Waals surface area contributed by atoms with Crippen molar-refractivity contribution in [2.24, 2.45) is 0 Å². The Balaban J connectivity index is 3.11. The standard InChI is InChI=1S/C12H15FN2O3S/c1-8(7-19-3)14(2)12(16)10-6-9(13)4-5-11(10)15(17)18/h4-6,8H,7H2,1-3H3. The van der Waals surface area contributed by atoms with Gasteiger partial charge in [0.1, 0.15) is 11.4 Å². The lowest BCUT2D eigenvalue weighted by atomic mass is 10.1. The van der Waals surface area contributed by atoms with Crippen LogP contribution in [0.25, 0.3) is 0 Å². The number of thioether (sulfide) groups is 1. The Bertz CT molecular complexity index is 496. The second-order valence-corrected chi connectivity index (χ2v) is 5.05. The minimum atomic E-state index is -0.681. The molecule has 19 heavy (non-hydrogen) atoms. The zero-order chi connectivity index (χ0) is 14.6. The summed E-state index contributed by atoms with van der Waals surface area (Å²) >= 11 is 1.56. The van der Waals surface area contributed by atoms with E-state index in [2.05, 4.69) is 0 Å². The van der Waals surface area contributed by atoms with Crippen molar-refractivity contribution in [1.82, 2.24) is 4.90 Å². The molecule has 1 unspecified atom stereocenters. The highest BCUT2D eigenvalue weighted by atomic mass is 32.2. The van der Waals surface area contributed by atoms with Gasteiger partial charge in [0, 0.05) is 24.9 Å². The molecule has 0 aliphatic carbocycles. The topological polar surface area (TPSA) is 63.5 Å².